The van der Waals surface area contributed by atoms with Gasteiger partial charge in [-0.25, -0.2) is 4.98 Å². The van der Waals surface area contributed by atoms with Gasteiger partial charge >= 0.3 is 0 Å². The molecule has 2 aliphatic rings. The Balaban J connectivity index is 1.58. The van der Waals surface area contributed by atoms with Crippen LogP contribution in [-0.4, -0.2) is 44.1 Å². The molecule has 2 aromatic heterocycles. The van der Waals surface area contributed by atoms with E-state index in [2.05, 4.69) is 27.1 Å². The Morgan fingerprint density at radius 2 is 2.00 bits per heavy atom. The summed E-state index contributed by atoms with van der Waals surface area (Å²) in [5, 5.41) is 7.37. The first-order valence-electron chi connectivity index (χ1n) is 8.97. The van der Waals surface area contributed by atoms with E-state index in [0.717, 1.165) is 36.2 Å². The zero-order chi connectivity index (χ0) is 17.6. The lowest BCUT2D eigenvalue weighted by Gasteiger charge is -2.22. The number of aryl methyl sites for hydroxylation is 2. The smallest absolute Gasteiger partial charge is 0.274 e. The summed E-state index contributed by atoms with van der Waals surface area (Å²) in [7, 11) is 0. The lowest BCUT2D eigenvalue weighted by atomic mass is 9.87. The normalized spacial score (nSPS) is 19.9. The van der Waals surface area contributed by atoms with Crippen LogP contribution in [0, 0.1) is 12.8 Å². The number of nitrogens with one attached hydrogen (secondary N) is 2. The van der Waals surface area contributed by atoms with Crippen molar-refractivity contribution in [3.8, 4) is 0 Å². The number of carbonyl (C=O) groups is 1. The number of aromatic amines is 2. The van der Waals surface area contributed by atoms with E-state index < -0.39 is 0 Å². The summed E-state index contributed by atoms with van der Waals surface area (Å²) in [5.41, 5.74) is 4.19. The standard InChI is InChI=1S/C18H23N5O2/c1-10-3-4-15-13(9-10)16(22-21-15)18(25)23-7-5-12-14(6-8-23)19-11(2)20-17(12)24/h10H,3-9H2,1-2H3,(H,21,22)(H,19,20,24). The summed E-state index contributed by atoms with van der Waals surface area (Å²) < 4.78 is 0. The minimum Gasteiger partial charge on any atom is -0.337 e. The molecule has 3 heterocycles. The molecule has 1 unspecified atom stereocenters. The second-order valence-corrected chi connectivity index (χ2v) is 7.25. The molecular weight excluding hydrogens is 318 g/mol. The number of carbonyl (C=O) groups excluding carboxylic acids is 1. The molecule has 1 aliphatic carbocycles. The van der Waals surface area contributed by atoms with E-state index in [1.165, 1.54) is 0 Å². The molecule has 0 fully saturated rings. The first-order valence-corrected chi connectivity index (χ1v) is 8.97. The quantitative estimate of drug-likeness (QED) is 0.814. The van der Waals surface area contributed by atoms with Crippen LogP contribution < -0.4 is 5.56 Å². The number of H-pyrrole nitrogens is 2. The van der Waals surface area contributed by atoms with Gasteiger partial charge in [0.1, 0.15) is 5.82 Å². The van der Waals surface area contributed by atoms with Gasteiger partial charge in [-0.15, -0.1) is 0 Å². The SMILES string of the molecule is Cc1nc2c(c(=O)[nH]1)CCN(C(=O)c1n[nH]c3c1CC(C)CC3)CC2. The first-order chi connectivity index (χ1) is 12.0. The van der Waals surface area contributed by atoms with Crippen LogP contribution in [0.5, 0.6) is 0 Å². The van der Waals surface area contributed by atoms with Gasteiger partial charge in [-0.3, -0.25) is 14.7 Å². The highest BCUT2D eigenvalue weighted by Gasteiger charge is 2.29. The van der Waals surface area contributed by atoms with Crippen LogP contribution in [0.1, 0.15) is 52.2 Å². The molecule has 1 aliphatic heterocycles. The van der Waals surface area contributed by atoms with Crippen molar-refractivity contribution >= 4 is 5.91 Å². The lowest BCUT2D eigenvalue weighted by molar-refractivity contribution is 0.0755. The Kier molecular flexibility index (Phi) is 3.94. The van der Waals surface area contributed by atoms with Gasteiger partial charge in [0, 0.05) is 36.3 Å². The van der Waals surface area contributed by atoms with Crippen LogP contribution in [0.25, 0.3) is 0 Å². The maximum Gasteiger partial charge on any atom is 0.274 e. The minimum absolute atomic E-state index is 0.0347. The summed E-state index contributed by atoms with van der Waals surface area (Å²) in [5.74, 6) is 1.17. The molecule has 0 spiro atoms. The monoisotopic (exact) mass is 341 g/mol. The summed E-state index contributed by atoms with van der Waals surface area (Å²) in [4.78, 5) is 34.2. The number of fused-ring (bicyclic) bond motifs is 2. The molecule has 2 N–H and O–H groups in total. The molecule has 7 nitrogen and oxygen atoms in total. The molecule has 0 aromatic carbocycles. The largest absolute Gasteiger partial charge is 0.337 e. The second-order valence-electron chi connectivity index (χ2n) is 7.25. The van der Waals surface area contributed by atoms with E-state index in [9.17, 15) is 9.59 Å². The fraction of sp³-hybridized carbons (Fsp3) is 0.556. The van der Waals surface area contributed by atoms with Gasteiger partial charge in [0.05, 0.1) is 5.69 Å². The molecule has 0 saturated heterocycles. The average molecular weight is 341 g/mol. The van der Waals surface area contributed by atoms with E-state index in [4.69, 9.17) is 0 Å². The molecule has 0 bridgehead atoms. The third-order valence-corrected chi connectivity index (χ3v) is 5.35. The number of aromatic nitrogens is 4. The Morgan fingerprint density at radius 1 is 1.20 bits per heavy atom. The third kappa shape index (κ3) is 2.88. The van der Waals surface area contributed by atoms with Crippen LogP contribution in [0.2, 0.25) is 0 Å². The lowest BCUT2D eigenvalue weighted by Crippen LogP contribution is -2.34. The maximum atomic E-state index is 13.0. The Morgan fingerprint density at radius 3 is 2.84 bits per heavy atom. The van der Waals surface area contributed by atoms with Gasteiger partial charge in [0.25, 0.3) is 11.5 Å². The molecule has 25 heavy (non-hydrogen) atoms. The summed E-state index contributed by atoms with van der Waals surface area (Å²) >= 11 is 0. The number of hydrogen-bond acceptors (Lipinski definition) is 4. The highest BCUT2D eigenvalue weighted by Crippen LogP contribution is 2.27. The van der Waals surface area contributed by atoms with Crippen LogP contribution in [0.3, 0.4) is 0 Å². The van der Waals surface area contributed by atoms with Crippen molar-refractivity contribution in [2.45, 2.75) is 46.0 Å². The molecule has 1 atom stereocenters. The van der Waals surface area contributed by atoms with Crippen molar-refractivity contribution in [1.82, 2.24) is 25.1 Å². The highest BCUT2D eigenvalue weighted by atomic mass is 16.2. The van der Waals surface area contributed by atoms with Crippen molar-refractivity contribution in [1.29, 1.82) is 0 Å². The molecule has 0 saturated carbocycles. The molecule has 132 valence electrons. The first kappa shape index (κ1) is 16.1. The van der Waals surface area contributed by atoms with Crippen molar-refractivity contribution in [3.05, 3.63) is 44.4 Å². The van der Waals surface area contributed by atoms with Gasteiger partial charge in [0.2, 0.25) is 0 Å². The molecular formula is C18H23N5O2. The van der Waals surface area contributed by atoms with Crippen LogP contribution in [-0.2, 0) is 25.7 Å². The predicted molar refractivity (Wildman–Crippen MR) is 92.7 cm³/mol. The van der Waals surface area contributed by atoms with Gasteiger partial charge in [0.15, 0.2) is 5.69 Å². The zero-order valence-corrected chi connectivity index (χ0v) is 14.7. The highest BCUT2D eigenvalue weighted by molar-refractivity contribution is 5.94. The molecule has 2 aromatic rings. The van der Waals surface area contributed by atoms with Gasteiger partial charge in [-0.1, -0.05) is 6.92 Å². The van der Waals surface area contributed by atoms with Crippen molar-refractivity contribution in [2.24, 2.45) is 5.92 Å². The third-order valence-electron chi connectivity index (χ3n) is 5.35. The number of hydrogen-bond donors (Lipinski definition) is 2. The summed E-state index contributed by atoms with van der Waals surface area (Å²) in [6.45, 7) is 5.09. The van der Waals surface area contributed by atoms with Crippen molar-refractivity contribution < 1.29 is 4.79 Å². The van der Waals surface area contributed by atoms with E-state index in [1.807, 2.05) is 4.90 Å². The van der Waals surface area contributed by atoms with E-state index in [1.54, 1.807) is 6.92 Å². The van der Waals surface area contributed by atoms with Crippen LogP contribution in [0.4, 0.5) is 0 Å². The topological polar surface area (TPSA) is 94.7 Å². The molecule has 0 radical (unpaired) electrons. The van der Waals surface area contributed by atoms with Crippen LogP contribution >= 0.6 is 0 Å². The molecule has 1 amide bonds. The van der Waals surface area contributed by atoms with Gasteiger partial charge in [-0.2, -0.15) is 5.10 Å². The zero-order valence-electron chi connectivity index (χ0n) is 14.7. The average Bonchev–Trinajstić information content (AvgIpc) is 2.86. The van der Waals surface area contributed by atoms with Crippen LogP contribution in [0.15, 0.2) is 4.79 Å². The molecule has 4 rings (SSSR count). The van der Waals surface area contributed by atoms with Crippen molar-refractivity contribution in [3.63, 3.8) is 0 Å². The van der Waals surface area contributed by atoms with Gasteiger partial charge < -0.3 is 9.88 Å². The number of nitrogens with zero attached hydrogens (tertiary/aromatic N) is 3. The van der Waals surface area contributed by atoms with E-state index in [0.29, 0.717) is 48.9 Å². The Hall–Kier alpha value is -2.44. The predicted octanol–water partition coefficient (Wildman–Crippen LogP) is 1.17. The maximum absolute atomic E-state index is 13.0. The fourth-order valence-electron chi connectivity index (χ4n) is 3.93. The fourth-order valence-corrected chi connectivity index (χ4v) is 3.93. The summed E-state index contributed by atoms with van der Waals surface area (Å²) in [6.07, 6.45) is 4.14. The second kappa shape index (κ2) is 6.13. The summed E-state index contributed by atoms with van der Waals surface area (Å²) in [6, 6.07) is 0. The number of rotatable bonds is 1. The Labute approximate surface area is 145 Å². The van der Waals surface area contributed by atoms with Gasteiger partial charge in [-0.05, 0) is 38.5 Å². The molecule has 7 heteroatoms. The Bertz CT molecular complexity index is 882. The van der Waals surface area contributed by atoms with E-state index >= 15 is 0 Å². The van der Waals surface area contributed by atoms with Crippen molar-refractivity contribution in [2.75, 3.05) is 13.1 Å². The number of amides is 1. The minimum atomic E-state index is -0.0808. The van der Waals surface area contributed by atoms with E-state index in [-0.39, 0.29) is 11.5 Å².